The molecule has 0 aliphatic rings. The van der Waals surface area contributed by atoms with E-state index in [2.05, 4.69) is 6.58 Å². The van der Waals surface area contributed by atoms with Crippen molar-refractivity contribution in [3.63, 3.8) is 0 Å². The third-order valence-electron chi connectivity index (χ3n) is 0.756. The molecule has 80 valence electrons. The minimum Gasteiger partial charge on any atom is -0.759 e. The summed E-state index contributed by atoms with van der Waals surface area (Å²) in [6, 6.07) is 0. The normalized spacial score (nSPS) is 10.9. The fourth-order valence-corrected chi connectivity index (χ4v) is 0.297. The molecule has 0 aliphatic heterocycles. The van der Waals surface area contributed by atoms with Crippen LogP contribution in [0.2, 0.25) is 0 Å². The van der Waals surface area contributed by atoms with E-state index in [1.807, 2.05) is 6.92 Å². The second-order valence-corrected chi connectivity index (χ2v) is 2.71. The van der Waals surface area contributed by atoms with Crippen LogP contribution in [0, 0.1) is 0 Å². The molecule has 9 heteroatoms. The van der Waals surface area contributed by atoms with Crippen molar-refractivity contribution < 1.29 is 86.5 Å². The van der Waals surface area contributed by atoms with Crippen LogP contribution in [0.3, 0.4) is 0 Å². The van der Waals surface area contributed by atoms with Crippen molar-refractivity contribution in [2.75, 3.05) is 6.61 Å². The molecule has 0 aliphatic carbocycles. The van der Waals surface area contributed by atoms with Gasteiger partial charge in [-0.15, -0.1) is 6.58 Å². The molecule has 0 aromatic carbocycles. The summed E-state index contributed by atoms with van der Waals surface area (Å²) in [6.07, 6.45) is 1.63. The SMILES string of the molecule is C=CCOC(O)CC.O=S(=O)([O-])[O-].[Na+].[Na+]. The molecular weight excluding hydrogens is 246 g/mol. The van der Waals surface area contributed by atoms with Crippen molar-refractivity contribution in [2.45, 2.75) is 19.6 Å². The number of aliphatic hydroxyl groups is 1. The van der Waals surface area contributed by atoms with Gasteiger partial charge >= 0.3 is 59.1 Å². The first kappa shape index (κ1) is 25.4. The third-order valence-corrected chi connectivity index (χ3v) is 0.756. The van der Waals surface area contributed by atoms with Gasteiger partial charge in [-0.25, -0.2) is 0 Å². The van der Waals surface area contributed by atoms with Gasteiger partial charge < -0.3 is 18.9 Å². The number of hydrogen-bond acceptors (Lipinski definition) is 6. The molecule has 1 unspecified atom stereocenters. The van der Waals surface area contributed by atoms with Gasteiger partial charge in [-0.3, -0.25) is 8.42 Å². The molecule has 1 N–H and O–H groups in total. The van der Waals surface area contributed by atoms with E-state index in [0.717, 1.165) is 0 Å². The predicted octanol–water partition coefficient (Wildman–Crippen LogP) is -6.41. The molecule has 0 aromatic rings. The molecule has 0 aromatic heterocycles. The topological polar surface area (TPSA) is 110 Å². The Morgan fingerprint density at radius 2 is 1.80 bits per heavy atom. The molecule has 0 rings (SSSR count). The minimum atomic E-state index is -5.17. The first-order valence-corrected chi connectivity index (χ1v) is 4.71. The second-order valence-electron chi connectivity index (χ2n) is 1.89. The molecule has 0 fully saturated rings. The molecule has 6 nitrogen and oxygen atoms in total. The molecule has 0 saturated heterocycles. The van der Waals surface area contributed by atoms with Gasteiger partial charge in [0.05, 0.1) is 6.61 Å². The van der Waals surface area contributed by atoms with Crippen molar-refractivity contribution in [1.29, 1.82) is 0 Å². The van der Waals surface area contributed by atoms with Crippen LogP contribution in [-0.2, 0) is 15.1 Å². The van der Waals surface area contributed by atoms with Crippen molar-refractivity contribution in [2.24, 2.45) is 0 Å². The van der Waals surface area contributed by atoms with E-state index >= 15 is 0 Å². The first-order chi connectivity index (χ1) is 5.81. The fraction of sp³-hybridized carbons (Fsp3) is 0.667. The van der Waals surface area contributed by atoms with Crippen LogP contribution >= 0.6 is 0 Å². The summed E-state index contributed by atoms with van der Waals surface area (Å²) in [5.74, 6) is 0. The molecule has 0 radical (unpaired) electrons. The Morgan fingerprint density at radius 3 is 2.00 bits per heavy atom. The van der Waals surface area contributed by atoms with E-state index in [9.17, 15) is 0 Å². The van der Waals surface area contributed by atoms with Gasteiger partial charge in [0.1, 0.15) is 0 Å². The van der Waals surface area contributed by atoms with E-state index in [4.69, 9.17) is 27.4 Å². The van der Waals surface area contributed by atoms with Gasteiger partial charge in [-0.2, -0.15) is 0 Å². The van der Waals surface area contributed by atoms with Gasteiger partial charge in [0.2, 0.25) is 0 Å². The Labute approximate surface area is 134 Å². The Bertz CT molecular complexity index is 210. The van der Waals surface area contributed by atoms with Gasteiger partial charge in [0, 0.05) is 10.4 Å². The Balaban J connectivity index is -0.0000000770. The standard InChI is InChI=1S/C6H12O2.2Na.H2O4S/c1-3-5-8-6(7)4-2;;;1-5(2,3)4/h3,6-7H,1,4-5H2,2H3;;;(H2,1,2,3,4)/q;2*+1;/p-2. The summed E-state index contributed by atoms with van der Waals surface area (Å²) in [6.45, 7) is 5.71. The van der Waals surface area contributed by atoms with Crippen molar-refractivity contribution >= 4 is 10.4 Å². The maximum Gasteiger partial charge on any atom is 1.00 e. The zero-order chi connectivity index (χ0) is 10.9. The van der Waals surface area contributed by atoms with Gasteiger partial charge in [-0.1, -0.05) is 13.0 Å². The smallest absolute Gasteiger partial charge is 0.759 e. The van der Waals surface area contributed by atoms with Crippen LogP contribution in [0.25, 0.3) is 0 Å². The fourth-order valence-electron chi connectivity index (χ4n) is 0.297. The van der Waals surface area contributed by atoms with E-state index in [1.165, 1.54) is 0 Å². The summed E-state index contributed by atoms with van der Waals surface area (Å²) >= 11 is 0. The van der Waals surface area contributed by atoms with E-state index in [-0.39, 0.29) is 59.1 Å². The maximum atomic E-state index is 8.72. The minimum absolute atomic E-state index is 0. The summed E-state index contributed by atoms with van der Waals surface area (Å²) in [5.41, 5.74) is 0. The zero-order valence-electron chi connectivity index (χ0n) is 9.17. The van der Waals surface area contributed by atoms with E-state index < -0.39 is 16.7 Å². The quantitative estimate of drug-likeness (QED) is 0.176. The van der Waals surface area contributed by atoms with E-state index in [1.54, 1.807) is 6.08 Å². The molecular formula is C6H12Na2O6S. The largest absolute Gasteiger partial charge is 1.00 e. The monoisotopic (exact) mass is 258 g/mol. The summed E-state index contributed by atoms with van der Waals surface area (Å²) in [5, 5.41) is 8.72. The maximum absolute atomic E-state index is 8.72. The molecule has 15 heavy (non-hydrogen) atoms. The van der Waals surface area contributed by atoms with Crippen LogP contribution in [0.4, 0.5) is 0 Å². The molecule has 0 heterocycles. The van der Waals surface area contributed by atoms with Crippen molar-refractivity contribution in [3.05, 3.63) is 12.7 Å². The first-order valence-electron chi connectivity index (χ1n) is 3.38. The van der Waals surface area contributed by atoms with Gasteiger partial charge in [0.15, 0.2) is 6.29 Å². The van der Waals surface area contributed by atoms with Crippen molar-refractivity contribution in [1.82, 2.24) is 0 Å². The molecule has 0 saturated carbocycles. The van der Waals surface area contributed by atoms with Gasteiger partial charge in [-0.05, 0) is 6.42 Å². The Morgan fingerprint density at radius 1 is 1.47 bits per heavy atom. The summed E-state index contributed by atoms with van der Waals surface area (Å²) in [4.78, 5) is 0. The summed E-state index contributed by atoms with van der Waals surface area (Å²) < 4.78 is 38.9. The van der Waals surface area contributed by atoms with Crippen LogP contribution < -0.4 is 59.1 Å². The number of ether oxygens (including phenoxy) is 1. The Hall–Kier alpha value is 1.53. The third kappa shape index (κ3) is 50.1. The van der Waals surface area contributed by atoms with Crippen LogP contribution in [0.15, 0.2) is 12.7 Å². The van der Waals surface area contributed by atoms with E-state index in [0.29, 0.717) is 13.0 Å². The zero-order valence-corrected chi connectivity index (χ0v) is 14.0. The average Bonchev–Trinajstić information content (AvgIpc) is 1.97. The number of rotatable bonds is 4. The average molecular weight is 258 g/mol. The number of aliphatic hydroxyl groups excluding tert-OH is 1. The Kier molecular flexibility index (Phi) is 26.3. The second kappa shape index (κ2) is 15.5. The van der Waals surface area contributed by atoms with Crippen molar-refractivity contribution in [3.8, 4) is 0 Å². The number of hydrogen-bond donors (Lipinski definition) is 1. The molecule has 0 spiro atoms. The van der Waals surface area contributed by atoms with Gasteiger partial charge in [0.25, 0.3) is 0 Å². The van der Waals surface area contributed by atoms with Crippen LogP contribution in [-0.4, -0.2) is 35.5 Å². The predicted molar refractivity (Wildman–Crippen MR) is 42.9 cm³/mol. The van der Waals surface area contributed by atoms with Crippen LogP contribution in [0.1, 0.15) is 13.3 Å². The molecule has 0 amide bonds. The molecule has 1 atom stereocenters. The summed E-state index contributed by atoms with van der Waals surface area (Å²) in [7, 11) is -5.17. The van der Waals surface area contributed by atoms with Crippen LogP contribution in [0.5, 0.6) is 0 Å². The molecule has 0 bridgehead atoms.